The summed E-state index contributed by atoms with van der Waals surface area (Å²) in [7, 11) is 0. The van der Waals surface area contributed by atoms with Gasteiger partial charge >= 0.3 is 0 Å². The Kier molecular flexibility index (Phi) is 5.05. The van der Waals surface area contributed by atoms with Gasteiger partial charge in [0, 0.05) is 30.9 Å². The van der Waals surface area contributed by atoms with Crippen molar-refractivity contribution in [1.82, 2.24) is 0 Å². The molecule has 124 valence electrons. The van der Waals surface area contributed by atoms with E-state index in [9.17, 15) is 10.1 Å². The summed E-state index contributed by atoms with van der Waals surface area (Å²) in [6, 6.07) is 14.6. The van der Waals surface area contributed by atoms with E-state index in [2.05, 4.69) is 27.6 Å². The van der Waals surface area contributed by atoms with E-state index in [1.165, 1.54) is 37.1 Å². The van der Waals surface area contributed by atoms with Crippen molar-refractivity contribution in [2.45, 2.75) is 19.3 Å². The van der Waals surface area contributed by atoms with Gasteiger partial charge in [0.1, 0.15) is 0 Å². The Bertz CT molecular complexity index is 722. The predicted molar refractivity (Wildman–Crippen MR) is 96.8 cm³/mol. The maximum Gasteiger partial charge on any atom is 0.271 e. The van der Waals surface area contributed by atoms with Crippen LogP contribution in [-0.4, -0.2) is 24.2 Å². The lowest BCUT2D eigenvalue weighted by Gasteiger charge is -2.28. The Morgan fingerprint density at radius 1 is 1.08 bits per heavy atom. The fourth-order valence-corrected chi connectivity index (χ4v) is 2.79. The van der Waals surface area contributed by atoms with Crippen LogP contribution in [0.2, 0.25) is 0 Å². The molecular weight excluding hydrogens is 304 g/mol. The second kappa shape index (κ2) is 7.59. The van der Waals surface area contributed by atoms with E-state index in [1.54, 1.807) is 18.3 Å². The number of hydrogen-bond donors (Lipinski definition) is 1. The van der Waals surface area contributed by atoms with Gasteiger partial charge in [0.25, 0.3) is 5.69 Å². The van der Waals surface area contributed by atoms with Crippen molar-refractivity contribution >= 4 is 23.3 Å². The highest BCUT2D eigenvalue weighted by Crippen LogP contribution is 2.20. The number of rotatable bonds is 5. The lowest BCUT2D eigenvalue weighted by atomic mass is 10.1. The minimum Gasteiger partial charge on any atom is -0.372 e. The Hall–Kier alpha value is -2.89. The molecule has 0 radical (unpaired) electrons. The van der Waals surface area contributed by atoms with Gasteiger partial charge < -0.3 is 4.90 Å². The molecule has 1 aliphatic rings. The molecule has 0 unspecified atom stereocenters. The number of nitro benzene ring substituents is 1. The van der Waals surface area contributed by atoms with Crippen LogP contribution in [0, 0.1) is 10.1 Å². The normalized spacial score (nSPS) is 14.8. The summed E-state index contributed by atoms with van der Waals surface area (Å²) in [5.41, 5.74) is 5.68. The quantitative estimate of drug-likeness (QED) is 0.512. The van der Waals surface area contributed by atoms with E-state index in [4.69, 9.17) is 0 Å². The van der Waals surface area contributed by atoms with Gasteiger partial charge in [-0.1, -0.05) is 18.2 Å². The molecule has 0 spiro atoms. The maximum atomic E-state index is 10.7. The molecule has 0 bridgehead atoms. The first-order valence-electron chi connectivity index (χ1n) is 8.11. The topological polar surface area (TPSA) is 70.8 Å². The molecule has 1 N–H and O–H groups in total. The lowest BCUT2D eigenvalue weighted by molar-refractivity contribution is -0.384. The highest BCUT2D eigenvalue weighted by Gasteiger charge is 2.10. The van der Waals surface area contributed by atoms with Crippen molar-refractivity contribution in [3.05, 3.63) is 64.2 Å². The zero-order valence-electron chi connectivity index (χ0n) is 13.4. The van der Waals surface area contributed by atoms with Gasteiger partial charge in [-0.05, 0) is 43.0 Å². The molecule has 24 heavy (non-hydrogen) atoms. The van der Waals surface area contributed by atoms with Crippen molar-refractivity contribution < 1.29 is 4.92 Å². The van der Waals surface area contributed by atoms with Gasteiger partial charge in [0.05, 0.1) is 16.8 Å². The number of hydrazone groups is 1. The van der Waals surface area contributed by atoms with Crippen LogP contribution in [-0.2, 0) is 0 Å². The molecular formula is C18H20N4O2. The van der Waals surface area contributed by atoms with Gasteiger partial charge in [-0.2, -0.15) is 5.10 Å². The van der Waals surface area contributed by atoms with E-state index >= 15 is 0 Å². The zero-order chi connectivity index (χ0) is 16.8. The summed E-state index contributed by atoms with van der Waals surface area (Å²) in [5, 5.41) is 14.9. The summed E-state index contributed by atoms with van der Waals surface area (Å²) >= 11 is 0. The largest absolute Gasteiger partial charge is 0.372 e. The molecule has 0 aliphatic carbocycles. The van der Waals surface area contributed by atoms with Crippen molar-refractivity contribution in [1.29, 1.82) is 0 Å². The molecule has 3 rings (SSSR count). The van der Waals surface area contributed by atoms with Gasteiger partial charge in [-0.3, -0.25) is 15.5 Å². The molecule has 1 saturated heterocycles. The Labute approximate surface area is 141 Å². The van der Waals surface area contributed by atoms with Crippen LogP contribution in [0.1, 0.15) is 24.8 Å². The minimum atomic E-state index is -0.422. The summed E-state index contributed by atoms with van der Waals surface area (Å²) < 4.78 is 0. The fraction of sp³-hybridized carbons (Fsp3) is 0.278. The number of non-ortho nitro benzene ring substituents is 1. The Morgan fingerprint density at radius 3 is 2.54 bits per heavy atom. The lowest BCUT2D eigenvalue weighted by Crippen LogP contribution is -2.29. The number of nitrogens with zero attached hydrogens (tertiary/aromatic N) is 3. The van der Waals surface area contributed by atoms with Crippen molar-refractivity contribution in [3.8, 4) is 0 Å². The molecule has 0 amide bonds. The van der Waals surface area contributed by atoms with Crippen LogP contribution in [0.4, 0.5) is 17.1 Å². The van der Waals surface area contributed by atoms with E-state index < -0.39 is 4.92 Å². The molecule has 6 heteroatoms. The van der Waals surface area contributed by atoms with Gasteiger partial charge in [-0.15, -0.1) is 0 Å². The van der Waals surface area contributed by atoms with Crippen LogP contribution >= 0.6 is 0 Å². The van der Waals surface area contributed by atoms with Crippen molar-refractivity contribution in [2.75, 3.05) is 23.4 Å². The van der Waals surface area contributed by atoms with Gasteiger partial charge in [0.15, 0.2) is 0 Å². The molecule has 0 aromatic heterocycles. The summed E-state index contributed by atoms with van der Waals surface area (Å²) in [6.45, 7) is 2.25. The van der Waals surface area contributed by atoms with Crippen LogP contribution in [0.5, 0.6) is 0 Å². The van der Waals surface area contributed by atoms with E-state index in [-0.39, 0.29) is 5.69 Å². The smallest absolute Gasteiger partial charge is 0.271 e. The monoisotopic (exact) mass is 324 g/mol. The Balaban J connectivity index is 1.60. The SMILES string of the molecule is O=[N+]([O-])c1cccc(NN=Cc2ccc(N3CCCCC3)cc2)c1. The zero-order valence-corrected chi connectivity index (χ0v) is 13.4. The second-order valence-corrected chi connectivity index (χ2v) is 5.82. The number of hydrogen-bond acceptors (Lipinski definition) is 5. The van der Waals surface area contributed by atoms with Crippen molar-refractivity contribution in [3.63, 3.8) is 0 Å². The number of piperidine rings is 1. The molecule has 1 aliphatic heterocycles. The van der Waals surface area contributed by atoms with Gasteiger partial charge in [-0.25, -0.2) is 0 Å². The maximum absolute atomic E-state index is 10.7. The first-order chi connectivity index (χ1) is 11.7. The van der Waals surface area contributed by atoms with E-state index in [0.29, 0.717) is 5.69 Å². The fourth-order valence-electron chi connectivity index (χ4n) is 2.79. The first kappa shape index (κ1) is 16.0. The minimum absolute atomic E-state index is 0.0427. The molecule has 1 fully saturated rings. The number of nitrogens with one attached hydrogen (secondary N) is 1. The first-order valence-corrected chi connectivity index (χ1v) is 8.11. The van der Waals surface area contributed by atoms with E-state index in [1.807, 2.05) is 12.1 Å². The number of benzene rings is 2. The third-order valence-corrected chi connectivity index (χ3v) is 4.08. The van der Waals surface area contributed by atoms with E-state index in [0.717, 1.165) is 18.7 Å². The average molecular weight is 324 g/mol. The molecule has 0 atom stereocenters. The average Bonchev–Trinajstić information content (AvgIpc) is 2.63. The summed E-state index contributed by atoms with van der Waals surface area (Å²) in [5.74, 6) is 0. The molecule has 1 heterocycles. The van der Waals surface area contributed by atoms with Gasteiger partial charge in [0.2, 0.25) is 0 Å². The summed E-state index contributed by atoms with van der Waals surface area (Å²) in [6.07, 6.45) is 5.55. The highest BCUT2D eigenvalue weighted by molar-refractivity contribution is 5.81. The standard InChI is InChI=1S/C18H20N4O2/c23-22(24)18-6-4-5-16(13-18)20-19-14-15-7-9-17(10-8-15)21-11-2-1-3-12-21/h4-10,13-14,20H,1-3,11-12H2. The van der Waals surface area contributed by atoms with Crippen LogP contribution in [0.15, 0.2) is 53.6 Å². The Morgan fingerprint density at radius 2 is 1.83 bits per heavy atom. The van der Waals surface area contributed by atoms with Crippen LogP contribution < -0.4 is 10.3 Å². The third-order valence-electron chi connectivity index (χ3n) is 4.08. The molecule has 0 saturated carbocycles. The van der Waals surface area contributed by atoms with Crippen LogP contribution in [0.3, 0.4) is 0 Å². The summed E-state index contributed by atoms with van der Waals surface area (Å²) in [4.78, 5) is 12.7. The number of anilines is 2. The van der Waals surface area contributed by atoms with Crippen LogP contribution in [0.25, 0.3) is 0 Å². The predicted octanol–water partition coefficient (Wildman–Crippen LogP) is 4.03. The third kappa shape index (κ3) is 4.10. The highest BCUT2D eigenvalue weighted by atomic mass is 16.6. The molecule has 2 aromatic rings. The molecule has 2 aromatic carbocycles. The second-order valence-electron chi connectivity index (χ2n) is 5.82. The van der Waals surface area contributed by atoms with Crippen molar-refractivity contribution in [2.24, 2.45) is 5.10 Å². The number of nitro groups is 1. The molecule has 6 nitrogen and oxygen atoms in total.